The minimum atomic E-state index is -1.00. The van der Waals surface area contributed by atoms with Crippen LogP contribution in [0.5, 0.6) is 5.75 Å². The first-order chi connectivity index (χ1) is 9.56. The van der Waals surface area contributed by atoms with Gasteiger partial charge in [0, 0.05) is 13.5 Å². The molecule has 106 valence electrons. The van der Waals surface area contributed by atoms with Crippen LogP contribution in [-0.4, -0.2) is 34.0 Å². The standard InChI is InChI=1S/C14H16N2O3S/c1-16-11(12(13(17)18)15-14(16)20-3)8-9-5-4-6-10(7-9)19-2/h4-7H,8H2,1-3H3,(H,17,18). The Kier molecular flexibility index (Phi) is 4.34. The van der Waals surface area contributed by atoms with Gasteiger partial charge in [0.2, 0.25) is 0 Å². The molecular formula is C14H16N2O3S. The molecule has 20 heavy (non-hydrogen) atoms. The molecular weight excluding hydrogens is 276 g/mol. The summed E-state index contributed by atoms with van der Waals surface area (Å²) in [4.78, 5) is 15.5. The maximum atomic E-state index is 11.3. The quantitative estimate of drug-likeness (QED) is 0.858. The Bertz CT molecular complexity index is 637. The smallest absolute Gasteiger partial charge is 0.356 e. The van der Waals surface area contributed by atoms with Gasteiger partial charge in [0.15, 0.2) is 10.9 Å². The monoisotopic (exact) mass is 292 g/mol. The molecule has 6 heteroatoms. The molecule has 0 aliphatic rings. The third-order valence-corrected chi connectivity index (χ3v) is 3.79. The summed E-state index contributed by atoms with van der Waals surface area (Å²) in [5, 5.41) is 9.96. The van der Waals surface area contributed by atoms with E-state index in [9.17, 15) is 9.90 Å². The second-order valence-electron chi connectivity index (χ2n) is 4.29. The van der Waals surface area contributed by atoms with Gasteiger partial charge in [-0.1, -0.05) is 23.9 Å². The zero-order chi connectivity index (χ0) is 14.7. The lowest BCUT2D eigenvalue weighted by Gasteiger charge is -2.07. The van der Waals surface area contributed by atoms with E-state index in [1.165, 1.54) is 11.8 Å². The van der Waals surface area contributed by atoms with Gasteiger partial charge in [-0.2, -0.15) is 0 Å². The zero-order valence-electron chi connectivity index (χ0n) is 11.6. The molecule has 0 bridgehead atoms. The lowest BCUT2D eigenvalue weighted by atomic mass is 10.1. The Morgan fingerprint density at radius 2 is 2.25 bits per heavy atom. The highest BCUT2D eigenvalue weighted by atomic mass is 32.2. The van der Waals surface area contributed by atoms with Crippen molar-refractivity contribution < 1.29 is 14.6 Å². The van der Waals surface area contributed by atoms with Crippen LogP contribution in [0.4, 0.5) is 0 Å². The van der Waals surface area contributed by atoms with Crippen molar-refractivity contribution in [3.8, 4) is 5.75 Å². The average molecular weight is 292 g/mol. The van der Waals surface area contributed by atoms with Crippen LogP contribution in [-0.2, 0) is 13.5 Å². The summed E-state index contributed by atoms with van der Waals surface area (Å²) < 4.78 is 7.01. The topological polar surface area (TPSA) is 64.3 Å². The van der Waals surface area contributed by atoms with E-state index in [1.807, 2.05) is 42.1 Å². The molecule has 1 aromatic heterocycles. The Morgan fingerprint density at radius 3 is 2.85 bits per heavy atom. The third-order valence-electron chi connectivity index (χ3n) is 3.06. The number of aromatic nitrogens is 2. The number of methoxy groups -OCH3 is 1. The van der Waals surface area contributed by atoms with E-state index in [2.05, 4.69) is 4.98 Å². The van der Waals surface area contributed by atoms with Crippen molar-refractivity contribution in [2.24, 2.45) is 7.05 Å². The predicted octanol–water partition coefficient (Wildman–Crippen LogP) is 2.44. The average Bonchev–Trinajstić information content (AvgIpc) is 2.76. The number of rotatable bonds is 5. The van der Waals surface area contributed by atoms with Crippen LogP contribution >= 0.6 is 11.8 Å². The van der Waals surface area contributed by atoms with E-state index in [1.54, 1.807) is 7.11 Å². The molecule has 0 saturated heterocycles. The van der Waals surface area contributed by atoms with Crippen molar-refractivity contribution in [1.82, 2.24) is 9.55 Å². The number of thioether (sulfide) groups is 1. The molecule has 0 radical (unpaired) electrons. The summed E-state index contributed by atoms with van der Waals surface area (Å²) >= 11 is 1.43. The number of benzene rings is 1. The van der Waals surface area contributed by atoms with Crippen molar-refractivity contribution in [3.63, 3.8) is 0 Å². The lowest BCUT2D eigenvalue weighted by Crippen LogP contribution is -2.06. The van der Waals surface area contributed by atoms with Crippen molar-refractivity contribution in [1.29, 1.82) is 0 Å². The first-order valence-electron chi connectivity index (χ1n) is 6.02. The van der Waals surface area contributed by atoms with Gasteiger partial charge in [0.25, 0.3) is 0 Å². The summed E-state index contributed by atoms with van der Waals surface area (Å²) in [6.07, 6.45) is 2.38. The molecule has 1 aromatic carbocycles. The minimum absolute atomic E-state index is 0.111. The van der Waals surface area contributed by atoms with Gasteiger partial charge in [-0.3, -0.25) is 0 Å². The van der Waals surface area contributed by atoms with Crippen LogP contribution in [0.2, 0.25) is 0 Å². The van der Waals surface area contributed by atoms with Crippen molar-refractivity contribution >= 4 is 17.7 Å². The van der Waals surface area contributed by atoms with Crippen LogP contribution in [0.15, 0.2) is 29.4 Å². The second kappa shape index (κ2) is 6.00. The highest BCUT2D eigenvalue weighted by Gasteiger charge is 2.20. The Balaban J connectivity index is 2.41. The van der Waals surface area contributed by atoms with E-state index in [4.69, 9.17) is 4.74 Å². The molecule has 1 heterocycles. The number of aromatic carboxylic acids is 1. The fraction of sp³-hybridized carbons (Fsp3) is 0.286. The van der Waals surface area contributed by atoms with E-state index in [0.29, 0.717) is 17.3 Å². The van der Waals surface area contributed by atoms with Crippen LogP contribution in [0.1, 0.15) is 21.7 Å². The summed E-state index contributed by atoms with van der Waals surface area (Å²) in [5.41, 5.74) is 1.79. The fourth-order valence-corrected chi connectivity index (χ4v) is 2.61. The van der Waals surface area contributed by atoms with Crippen LogP contribution in [0.25, 0.3) is 0 Å². The van der Waals surface area contributed by atoms with Crippen molar-refractivity contribution in [2.45, 2.75) is 11.6 Å². The molecule has 2 rings (SSSR count). The van der Waals surface area contributed by atoms with Crippen LogP contribution in [0, 0.1) is 0 Å². The van der Waals surface area contributed by atoms with Gasteiger partial charge < -0.3 is 14.4 Å². The molecule has 0 atom stereocenters. The second-order valence-corrected chi connectivity index (χ2v) is 5.06. The number of ether oxygens (including phenoxy) is 1. The van der Waals surface area contributed by atoms with Crippen LogP contribution in [0.3, 0.4) is 0 Å². The number of hydrogen-bond acceptors (Lipinski definition) is 4. The van der Waals surface area contributed by atoms with Gasteiger partial charge in [0.1, 0.15) is 5.75 Å². The number of imidazole rings is 1. The molecule has 5 nitrogen and oxygen atoms in total. The summed E-state index contributed by atoms with van der Waals surface area (Å²) in [7, 11) is 3.44. The molecule has 0 saturated carbocycles. The number of carboxylic acids is 1. The molecule has 0 aliphatic carbocycles. The molecule has 0 amide bonds. The number of carbonyl (C=O) groups is 1. The van der Waals surface area contributed by atoms with E-state index in [0.717, 1.165) is 11.3 Å². The van der Waals surface area contributed by atoms with Crippen molar-refractivity contribution in [3.05, 3.63) is 41.2 Å². The van der Waals surface area contributed by atoms with Crippen molar-refractivity contribution in [2.75, 3.05) is 13.4 Å². The van der Waals surface area contributed by atoms with Gasteiger partial charge in [-0.15, -0.1) is 0 Å². The Hall–Kier alpha value is -1.95. The molecule has 0 spiro atoms. The molecule has 2 aromatic rings. The first kappa shape index (κ1) is 14.5. The first-order valence-corrected chi connectivity index (χ1v) is 7.25. The van der Waals surface area contributed by atoms with Gasteiger partial charge in [-0.25, -0.2) is 9.78 Å². The number of nitrogens with zero attached hydrogens (tertiary/aromatic N) is 2. The summed E-state index contributed by atoms with van der Waals surface area (Å²) in [5.74, 6) is -0.245. The maximum Gasteiger partial charge on any atom is 0.356 e. The number of carboxylic acid groups (broad SMARTS) is 1. The minimum Gasteiger partial charge on any atom is -0.497 e. The van der Waals surface area contributed by atoms with E-state index < -0.39 is 5.97 Å². The normalized spacial score (nSPS) is 10.6. The highest BCUT2D eigenvalue weighted by Crippen LogP contribution is 2.22. The number of hydrogen-bond donors (Lipinski definition) is 1. The Morgan fingerprint density at radius 1 is 1.50 bits per heavy atom. The summed E-state index contributed by atoms with van der Waals surface area (Å²) in [6, 6.07) is 7.59. The third kappa shape index (κ3) is 2.80. The fourth-order valence-electron chi connectivity index (χ4n) is 2.04. The maximum absolute atomic E-state index is 11.3. The Labute approximate surface area is 121 Å². The molecule has 0 fully saturated rings. The zero-order valence-corrected chi connectivity index (χ0v) is 12.4. The van der Waals surface area contributed by atoms with Crippen LogP contribution < -0.4 is 4.74 Å². The molecule has 0 unspecified atom stereocenters. The largest absolute Gasteiger partial charge is 0.497 e. The predicted molar refractivity (Wildman–Crippen MR) is 77.7 cm³/mol. The molecule has 0 aliphatic heterocycles. The summed E-state index contributed by atoms with van der Waals surface area (Å²) in [6.45, 7) is 0. The SMILES string of the molecule is COc1cccc(Cc2c(C(=O)O)nc(SC)n2C)c1. The van der Waals surface area contributed by atoms with Gasteiger partial charge in [0.05, 0.1) is 12.8 Å². The van der Waals surface area contributed by atoms with E-state index in [-0.39, 0.29) is 5.69 Å². The molecule has 1 N–H and O–H groups in total. The lowest BCUT2D eigenvalue weighted by molar-refractivity contribution is 0.0689. The highest BCUT2D eigenvalue weighted by molar-refractivity contribution is 7.98. The van der Waals surface area contributed by atoms with E-state index >= 15 is 0 Å². The van der Waals surface area contributed by atoms with Gasteiger partial charge in [-0.05, 0) is 24.0 Å². The van der Waals surface area contributed by atoms with Gasteiger partial charge >= 0.3 is 5.97 Å².